The lowest BCUT2D eigenvalue weighted by atomic mass is 10.0. The van der Waals surface area contributed by atoms with Gasteiger partial charge in [-0.1, -0.05) is 187 Å². The Morgan fingerprint density at radius 3 is 0.657 bits per heavy atom. The summed E-state index contributed by atoms with van der Waals surface area (Å²) in [6, 6.07) is 0. The smallest absolute Gasteiger partial charge is 0.132 e. The van der Waals surface area contributed by atoms with Gasteiger partial charge in [0.2, 0.25) is 0 Å². The molecule has 0 heterocycles. The molecule has 0 aliphatic rings. The average Bonchev–Trinajstić information content (AvgIpc) is 2.86. The maximum atomic E-state index is 12.1. The van der Waals surface area contributed by atoms with Gasteiger partial charge >= 0.3 is 0 Å². The highest BCUT2D eigenvalue weighted by Crippen LogP contribution is 2.16. The Bertz CT molecular complexity index is 388. The van der Waals surface area contributed by atoms with Gasteiger partial charge in [-0.3, -0.25) is 4.79 Å². The van der Waals surface area contributed by atoms with Gasteiger partial charge in [-0.05, 0) is 12.8 Å². The largest absolute Gasteiger partial charge is 0.300 e. The van der Waals surface area contributed by atoms with Crippen LogP contribution >= 0.6 is 0 Å². The Hall–Kier alpha value is -0.330. The van der Waals surface area contributed by atoms with E-state index in [9.17, 15) is 4.79 Å². The minimum atomic E-state index is 0.526. The summed E-state index contributed by atoms with van der Waals surface area (Å²) in [5.41, 5.74) is 0. The summed E-state index contributed by atoms with van der Waals surface area (Å²) in [5, 5.41) is 0. The maximum absolute atomic E-state index is 12.1. The highest BCUT2D eigenvalue weighted by molar-refractivity contribution is 5.78. The Balaban J connectivity index is 3.14. The standard InChI is InChI=1S/C34H68O/c1-3-5-7-9-11-13-15-17-18-19-21-23-25-27-29-31-33-34(35)32-30-28-26-24-22-20-16-14-12-10-8-6-4-2/h3-33H2,1-2H3. The van der Waals surface area contributed by atoms with Crippen molar-refractivity contribution < 1.29 is 4.79 Å². The summed E-state index contributed by atoms with van der Waals surface area (Å²) in [6.07, 6.45) is 42.0. The van der Waals surface area contributed by atoms with Crippen molar-refractivity contribution in [1.82, 2.24) is 0 Å². The van der Waals surface area contributed by atoms with Crippen molar-refractivity contribution in [2.24, 2.45) is 0 Å². The Labute approximate surface area is 223 Å². The predicted molar refractivity (Wildman–Crippen MR) is 159 cm³/mol. The number of hydrogen-bond acceptors (Lipinski definition) is 1. The van der Waals surface area contributed by atoms with Crippen LogP contribution in [-0.2, 0) is 4.79 Å². The van der Waals surface area contributed by atoms with Crippen LogP contribution in [0.3, 0.4) is 0 Å². The summed E-state index contributed by atoms with van der Waals surface area (Å²) < 4.78 is 0. The number of carbonyl (C=O) groups excluding carboxylic acids is 1. The van der Waals surface area contributed by atoms with E-state index in [1.54, 1.807) is 0 Å². The van der Waals surface area contributed by atoms with E-state index in [-0.39, 0.29) is 0 Å². The molecule has 0 rings (SSSR count). The number of rotatable bonds is 31. The van der Waals surface area contributed by atoms with Gasteiger partial charge in [-0.15, -0.1) is 0 Å². The van der Waals surface area contributed by atoms with Gasteiger partial charge in [0.15, 0.2) is 0 Å². The third kappa shape index (κ3) is 31.6. The van der Waals surface area contributed by atoms with Crippen LogP contribution in [0.1, 0.15) is 213 Å². The van der Waals surface area contributed by atoms with Crippen molar-refractivity contribution in [2.75, 3.05) is 0 Å². The molecule has 0 amide bonds. The molecule has 0 aromatic carbocycles. The molecular weight excluding hydrogens is 424 g/mol. The van der Waals surface area contributed by atoms with Crippen molar-refractivity contribution in [2.45, 2.75) is 213 Å². The molecule has 210 valence electrons. The van der Waals surface area contributed by atoms with Crippen LogP contribution in [0.15, 0.2) is 0 Å². The van der Waals surface area contributed by atoms with Gasteiger partial charge < -0.3 is 0 Å². The van der Waals surface area contributed by atoms with Crippen LogP contribution in [-0.4, -0.2) is 5.78 Å². The lowest BCUT2D eigenvalue weighted by molar-refractivity contribution is -0.119. The fourth-order valence-corrected chi connectivity index (χ4v) is 5.34. The molecule has 0 N–H and O–H groups in total. The molecule has 1 heteroatoms. The van der Waals surface area contributed by atoms with E-state index in [0.717, 1.165) is 25.7 Å². The highest BCUT2D eigenvalue weighted by atomic mass is 16.1. The summed E-state index contributed by atoms with van der Waals surface area (Å²) in [5.74, 6) is 0.526. The third-order valence-corrected chi connectivity index (χ3v) is 7.87. The molecule has 0 unspecified atom stereocenters. The quantitative estimate of drug-likeness (QED) is 0.0879. The second kappa shape index (κ2) is 31.7. The summed E-state index contributed by atoms with van der Waals surface area (Å²) in [6.45, 7) is 4.58. The minimum absolute atomic E-state index is 0.526. The van der Waals surface area contributed by atoms with E-state index in [4.69, 9.17) is 0 Å². The molecule has 0 aliphatic heterocycles. The van der Waals surface area contributed by atoms with Crippen molar-refractivity contribution in [3.8, 4) is 0 Å². The monoisotopic (exact) mass is 493 g/mol. The first-order valence-electron chi connectivity index (χ1n) is 16.8. The Kier molecular flexibility index (Phi) is 31.4. The molecule has 0 bridgehead atoms. The van der Waals surface area contributed by atoms with Gasteiger partial charge in [0.1, 0.15) is 5.78 Å². The van der Waals surface area contributed by atoms with E-state index in [1.165, 1.54) is 173 Å². The molecule has 35 heavy (non-hydrogen) atoms. The molecule has 0 fully saturated rings. The van der Waals surface area contributed by atoms with Crippen LogP contribution in [0.5, 0.6) is 0 Å². The molecule has 0 aliphatic carbocycles. The van der Waals surface area contributed by atoms with Gasteiger partial charge in [-0.25, -0.2) is 0 Å². The Morgan fingerprint density at radius 2 is 0.457 bits per heavy atom. The lowest BCUT2D eigenvalue weighted by Crippen LogP contribution is -1.97. The number of hydrogen-bond donors (Lipinski definition) is 0. The van der Waals surface area contributed by atoms with Gasteiger partial charge in [0.05, 0.1) is 0 Å². The molecular formula is C34H68O. The van der Waals surface area contributed by atoms with Crippen LogP contribution in [0.2, 0.25) is 0 Å². The number of Topliss-reactive ketones (excluding diaryl/α,β-unsaturated/α-hetero) is 1. The van der Waals surface area contributed by atoms with E-state index >= 15 is 0 Å². The molecule has 0 aromatic rings. The van der Waals surface area contributed by atoms with Crippen molar-refractivity contribution in [3.63, 3.8) is 0 Å². The molecule has 0 atom stereocenters. The molecule has 1 nitrogen and oxygen atoms in total. The van der Waals surface area contributed by atoms with Crippen LogP contribution < -0.4 is 0 Å². The normalized spacial score (nSPS) is 11.4. The van der Waals surface area contributed by atoms with Crippen LogP contribution in [0, 0.1) is 0 Å². The summed E-state index contributed by atoms with van der Waals surface area (Å²) in [7, 11) is 0. The first kappa shape index (κ1) is 34.7. The molecule has 0 spiro atoms. The first-order chi connectivity index (χ1) is 17.3. The van der Waals surface area contributed by atoms with E-state index in [1.807, 2.05) is 0 Å². The van der Waals surface area contributed by atoms with Crippen molar-refractivity contribution in [1.29, 1.82) is 0 Å². The molecule has 0 saturated heterocycles. The second-order valence-electron chi connectivity index (χ2n) is 11.6. The third-order valence-electron chi connectivity index (χ3n) is 7.87. The Morgan fingerprint density at radius 1 is 0.286 bits per heavy atom. The van der Waals surface area contributed by atoms with E-state index in [2.05, 4.69) is 13.8 Å². The van der Waals surface area contributed by atoms with Crippen LogP contribution in [0.25, 0.3) is 0 Å². The zero-order valence-electron chi connectivity index (χ0n) is 24.8. The van der Waals surface area contributed by atoms with Gasteiger partial charge in [-0.2, -0.15) is 0 Å². The average molecular weight is 493 g/mol. The summed E-state index contributed by atoms with van der Waals surface area (Å²) >= 11 is 0. The zero-order chi connectivity index (χ0) is 25.5. The fraction of sp³-hybridized carbons (Fsp3) is 0.971. The lowest BCUT2D eigenvalue weighted by Gasteiger charge is -2.04. The number of unbranched alkanes of at least 4 members (excludes halogenated alkanes) is 27. The highest BCUT2D eigenvalue weighted by Gasteiger charge is 2.02. The van der Waals surface area contributed by atoms with E-state index in [0.29, 0.717) is 5.78 Å². The zero-order valence-corrected chi connectivity index (χ0v) is 24.8. The minimum Gasteiger partial charge on any atom is -0.300 e. The molecule has 0 radical (unpaired) electrons. The van der Waals surface area contributed by atoms with Gasteiger partial charge in [0.25, 0.3) is 0 Å². The maximum Gasteiger partial charge on any atom is 0.132 e. The predicted octanol–water partition coefficient (Wildman–Crippen LogP) is 12.7. The molecule has 0 aromatic heterocycles. The van der Waals surface area contributed by atoms with Crippen LogP contribution in [0.4, 0.5) is 0 Å². The fourth-order valence-electron chi connectivity index (χ4n) is 5.34. The second-order valence-corrected chi connectivity index (χ2v) is 11.6. The van der Waals surface area contributed by atoms with Crippen molar-refractivity contribution >= 4 is 5.78 Å². The molecule has 0 saturated carbocycles. The first-order valence-corrected chi connectivity index (χ1v) is 16.8. The number of carbonyl (C=O) groups is 1. The van der Waals surface area contributed by atoms with Gasteiger partial charge in [0, 0.05) is 12.8 Å². The SMILES string of the molecule is CCCCCCCCCCCCCCCCCCC(=O)CCCCCCCCCCCCCCC. The number of ketones is 1. The summed E-state index contributed by atoms with van der Waals surface area (Å²) in [4.78, 5) is 12.1. The van der Waals surface area contributed by atoms with E-state index < -0.39 is 0 Å². The topological polar surface area (TPSA) is 17.1 Å². The van der Waals surface area contributed by atoms with Crippen molar-refractivity contribution in [3.05, 3.63) is 0 Å².